The van der Waals surface area contributed by atoms with Gasteiger partial charge in [0.25, 0.3) is 5.91 Å². The average molecular weight is 337 g/mol. The fraction of sp³-hybridized carbons (Fsp3) is 0. The third kappa shape index (κ3) is 3.44. The minimum Gasteiger partial charge on any atom is -0.397 e. The second-order valence-electron chi connectivity index (χ2n) is 5.07. The van der Waals surface area contributed by atoms with E-state index in [4.69, 9.17) is 5.73 Å². The first-order chi connectivity index (χ1) is 11.7. The van der Waals surface area contributed by atoms with Gasteiger partial charge in [-0.05, 0) is 53.4 Å². The van der Waals surface area contributed by atoms with Gasteiger partial charge in [0.15, 0.2) is 0 Å². The Hall–Kier alpha value is -3.12. The highest BCUT2D eigenvalue weighted by atomic mass is 32.1. The molecule has 24 heavy (non-hydrogen) atoms. The molecule has 1 aromatic heterocycles. The van der Waals surface area contributed by atoms with Crippen LogP contribution < -0.4 is 16.4 Å². The van der Waals surface area contributed by atoms with Crippen molar-refractivity contribution in [2.45, 2.75) is 0 Å². The smallest absolute Gasteiger partial charge is 0.255 e. The number of rotatable bonds is 5. The molecule has 0 bridgehead atoms. The van der Waals surface area contributed by atoms with Gasteiger partial charge in [-0.25, -0.2) is 0 Å². The van der Waals surface area contributed by atoms with Gasteiger partial charge < -0.3 is 16.4 Å². The molecule has 0 saturated carbocycles. The fourth-order valence-corrected chi connectivity index (χ4v) is 2.96. The van der Waals surface area contributed by atoms with Crippen molar-refractivity contribution in [1.82, 2.24) is 0 Å². The van der Waals surface area contributed by atoms with Crippen molar-refractivity contribution in [2.24, 2.45) is 0 Å². The van der Waals surface area contributed by atoms with Crippen LogP contribution in [-0.4, -0.2) is 12.3 Å². The van der Waals surface area contributed by atoms with E-state index in [0.29, 0.717) is 29.0 Å². The molecule has 2 aromatic carbocycles. The zero-order valence-corrected chi connectivity index (χ0v) is 13.5. The summed E-state index contributed by atoms with van der Waals surface area (Å²) in [4.78, 5) is 23.9. The molecule has 0 radical (unpaired) electrons. The van der Waals surface area contributed by atoms with Gasteiger partial charge >= 0.3 is 0 Å². The molecule has 0 aliphatic heterocycles. The second-order valence-corrected chi connectivity index (χ2v) is 6.02. The Bertz CT molecular complexity index is 858. The minimum atomic E-state index is -0.261. The summed E-state index contributed by atoms with van der Waals surface area (Å²) in [5.41, 5.74) is 9.15. The van der Waals surface area contributed by atoms with E-state index >= 15 is 0 Å². The van der Waals surface area contributed by atoms with Crippen molar-refractivity contribution in [2.75, 3.05) is 16.4 Å². The molecule has 120 valence electrons. The van der Waals surface area contributed by atoms with Crippen LogP contribution in [0.3, 0.4) is 0 Å². The van der Waals surface area contributed by atoms with Crippen LogP contribution in [0.2, 0.25) is 0 Å². The molecule has 0 saturated heterocycles. The maximum Gasteiger partial charge on any atom is 0.255 e. The molecule has 0 atom stereocenters. The van der Waals surface area contributed by atoms with Crippen LogP contribution >= 0.6 is 11.3 Å². The molecule has 0 spiro atoms. The lowest BCUT2D eigenvalue weighted by Gasteiger charge is -2.10. The van der Waals surface area contributed by atoms with Crippen LogP contribution in [-0.2, 0) is 4.79 Å². The highest BCUT2D eigenvalue weighted by Gasteiger charge is 2.10. The van der Waals surface area contributed by atoms with E-state index in [0.717, 1.165) is 10.4 Å². The molecule has 0 aliphatic rings. The third-order valence-electron chi connectivity index (χ3n) is 3.48. The molecule has 3 rings (SSSR count). The van der Waals surface area contributed by atoms with Crippen LogP contribution in [0.5, 0.6) is 0 Å². The number of anilines is 3. The van der Waals surface area contributed by atoms with Crippen molar-refractivity contribution in [1.29, 1.82) is 0 Å². The van der Waals surface area contributed by atoms with Crippen molar-refractivity contribution >= 4 is 40.7 Å². The molecular formula is C18H15N3O2S. The lowest BCUT2D eigenvalue weighted by molar-refractivity contribution is -0.105. The van der Waals surface area contributed by atoms with E-state index in [1.165, 1.54) is 0 Å². The molecule has 4 N–H and O–H groups in total. The van der Waals surface area contributed by atoms with Gasteiger partial charge in [0, 0.05) is 16.1 Å². The number of hydrogen-bond donors (Lipinski definition) is 3. The summed E-state index contributed by atoms with van der Waals surface area (Å²) in [6.07, 6.45) is 0.589. The monoisotopic (exact) mass is 337 g/mol. The quantitative estimate of drug-likeness (QED) is 0.489. The number of thiophene rings is 1. The summed E-state index contributed by atoms with van der Waals surface area (Å²) in [6.45, 7) is 0. The zero-order chi connectivity index (χ0) is 16.9. The van der Waals surface area contributed by atoms with E-state index < -0.39 is 0 Å². The highest BCUT2D eigenvalue weighted by Crippen LogP contribution is 2.30. The summed E-state index contributed by atoms with van der Waals surface area (Å²) in [6, 6.07) is 16.2. The molecular weight excluding hydrogens is 322 g/mol. The molecule has 2 amide bonds. The number of nitrogen functional groups attached to an aromatic ring is 1. The number of benzene rings is 2. The summed E-state index contributed by atoms with van der Waals surface area (Å²) in [5, 5.41) is 7.35. The van der Waals surface area contributed by atoms with Gasteiger partial charge in [-0.2, -0.15) is 0 Å². The van der Waals surface area contributed by atoms with E-state index in [-0.39, 0.29) is 5.91 Å². The van der Waals surface area contributed by atoms with Gasteiger partial charge in [-0.1, -0.05) is 12.1 Å². The van der Waals surface area contributed by atoms with Crippen molar-refractivity contribution in [3.05, 3.63) is 65.5 Å². The largest absolute Gasteiger partial charge is 0.397 e. The molecule has 3 aromatic rings. The van der Waals surface area contributed by atoms with Crippen LogP contribution in [0.4, 0.5) is 17.1 Å². The Morgan fingerprint density at radius 1 is 1.08 bits per heavy atom. The van der Waals surface area contributed by atoms with E-state index in [2.05, 4.69) is 10.6 Å². The molecule has 0 unspecified atom stereocenters. The van der Waals surface area contributed by atoms with Crippen molar-refractivity contribution in [3.63, 3.8) is 0 Å². The zero-order valence-electron chi connectivity index (χ0n) is 12.7. The summed E-state index contributed by atoms with van der Waals surface area (Å²) >= 11 is 1.62. The first-order valence-corrected chi connectivity index (χ1v) is 8.10. The fourth-order valence-electron chi connectivity index (χ4n) is 2.24. The number of carbonyl (C=O) groups is 2. The predicted molar refractivity (Wildman–Crippen MR) is 98.2 cm³/mol. The Morgan fingerprint density at radius 3 is 2.54 bits per heavy atom. The lowest BCUT2D eigenvalue weighted by atomic mass is 10.1. The van der Waals surface area contributed by atoms with E-state index in [1.54, 1.807) is 41.7 Å². The van der Waals surface area contributed by atoms with Crippen molar-refractivity contribution in [3.8, 4) is 10.4 Å². The Balaban J connectivity index is 1.81. The Labute approximate surface area is 143 Å². The maximum absolute atomic E-state index is 12.4. The van der Waals surface area contributed by atoms with Gasteiger partial charge in [0.1, 0.15) is 0 Å². The van der Waals surface area contributed by atoms with E-state index in [9.17, 15) is 9.59 Å². The summed E-state index contributed by atoms with van der Waals surface area (Å²) < 4.78 is 0. The van der Waals surface area contributed by atoms with Crippen LogP contribution in [0.25, 0.3) is 10.4 Å². The number of amides is 2. The Morgan fingerprint density at radius 2 is 1.88 bits per heavy atom. The van der Waals surface area contributed by atoms with Gasteiger partial charge in [0.05, 0.1) is 11.4 Å². The highest BCUT2D eigenvalue weighted by molar-refractivity contribution is 7.13. The molecule has 1 heterocycles. The van der Waals surface area contributed by atoms with Gasteiger partial charge in [-0.3, -0.25) is 9.59 Å². The maximum atomic E-state index is 12.4. The van der Waals surface area contributed by atoms with Gasteiger partial charge in [0.2, 0.25) is 6.41 Å². The number of hydrogen-bond acceptors (Lipinski definition) is 4. The standard InChI is InChI=1S/C18H15N3O2S/c19-15-8-5-13(17-2-1-9-24-17)10-16(15)21-18(23)12-3-6-14(7-4-12)20-11-22/h1-11H,19H2,(H,20,22)(H,21,23). The molecule has 5 nitrogen and oxygen atoms in total. The minimum absolute atomic E-state index is 0.261. The summed E-state index contributed by atoms with van der Waals surface area (Å²) in [5.74, 6) is -0.261. The number of nitrogens with two attached hydrogens (primary N) is 1. The van der Waals surface area contributed by atoms with Crippen LogP contribution in [0, 0.1) is 0 Å². The molecule has 0 fully saturated rings. The predicted octanol–water partition coefficient (Wildman–Crippen LogP) is 3.82. The number of nitrogens with one attached hydrogen (secondary N) is 2. The van der Waals surface area contributed by atoms with E-state index in [1.807, 2.05) is 29.6 Å². The SMILES string of the molecule is Nc1ccc(-c2cccs2)cc1NC(=O)c1ccc(NC=O)cc1. The molecule has 0 aliphatic carbocycles. The average Bonchev–Trinajstić information content (AvgIpc) is 3.12. The number of carbonyl (C=O) groups excluding carboxylic acids is 2. The Kier molecular flexibility index (Phi) is 4.58. The first-order valence-electron chi connectivity index (χ1n) is 7.22. The van der Waals surface area contributed by atoms with Crippen molar-refractivity contribution < 1.29 is 9.59 Å². The van der Waals surface area contributed by atoms with Crippen LogP contribution in [0.1, 0.15) is 10.4 Å². The van der Waals surface area contributed by atoms with Crippen LogP contribution in [0.15, 0.2) is 60.0 Å². The topological polar surface area (TPSA) is 84.2 Å². The third-order valence-corrected chi connectivity index (χ3v) is 4.40. The van der Waals surface area contributed by atoms with Gasteiger partial charge in [-0.15, -0.1) is 11.3 Å². The normalized spacial score (nSPS) is 10.2. The first kappa shape index (κ1) is 15.8. The second kappa shape index (κ2) is 6.97. The lowest BCUT2D eigenvalue weighted by Crippen LogP contribution is -2.13. The molecule has 6 heteroatoms. The summed E-state index contributed by atoms with van der Waals surface area (Å²) in [7, 11) is 0.